The Balaban J connectivity index is 2.60. The van der Waals surface area contributed by atoms with Crippen molar-refractivity contribution in [2.45, 2.75) is 26.5 Å². The molecule has 4 N–H and O–H groups in total. The maximum atomic E-state index is 12.5. The van der Waals surface area contributed by atoms with E-state index in [1.807, 2.05) is 11.5 Å². The molecule has 0 fully saturated rings. The van der Waals surface area contributed by atoms with Crippen LogP contribution in [0.25, 0.3) is 10.9 Å². The van der Waals surface area contributed by atoms with Crippen molar-refractivity contribution < 1.29 is 9.90 Å². The Labute approximate surface area is 122 Å². The number of nitrogens with two attached hydrogens (primary N) is 1. The van der Waals surface area contributed by atoms with Crippen molar-refractivity contribution in [3.05, 3.63) is 40.2 Å². The molecule has 1 unspecified atom stereocenters. The van der Waals surface area contributed by atoms with Crippen LogP contribution in [0.2, 0.25) is 0 Å². The molecule has 0 saturated heterocycles. The van der Waals surface area contributed by atoms with Crippen LogP contribution in [0.5, 0.6) is 0 Å². The second kappa shape index (κ2) is 5.97. The van der Waals surface area contributed by atoms with Crippen LogP contribution in [0, 0.1) is 0 Å². The summed E-state index contributed by atoms with van der Waals surface area (Å²) in [6.07, 6.45) is 0.856. The van der Waals surface area contributed by atoms with Crippen molar-refractivity contribution >= 4 is 22.5 Å². The van der Waals surface area contributed by atoms with Gasteiger partial charge in [-0.15, -0.1) is 0 Å². The number of pyridine rings is 1. The number of nitrogens with zero attached hydrogens (tertiary/aromatic N) is 1. The molecule has 1 aromatic carbocycles. The van der Waals surface area contributed by atoms with E-state index < -0.39 is 17.4 Å². The summed E-state index contributed by atoms with van der Waals surface area (Å²) in [6.45, 7) is 4.18. The summed E-state index contributed by atoms with van der Waals surface area (Å²) >= 11 is 0. The first kappa shape index (κ1) is 15.1. The molecule has 21 heavy (non-hydrogen) atoms. The van der Waals surface area contributed by atoms with Crippen molar-refractivity contribution in [1.29, 1.82) is 0 Å². The maximum Gasteiger partial charge on any atom is 0.256 e. The van der Waals surface area contributed by atoms with Gasteiger partial charge in [0, 0.05) is 25.0 Å². The fourth-order valence-electron chi connectivity index (χ4n) is 2.22. The molecule has 0 aliphatic rings. The number of hydrogen-bond acceptors (Lipinski definition) is 4. The first-order valence-corrected chi connectivity index (χ1v) is 6.83. The standard InChI is InChI=1S/C15H19N3O3/c1-3-18-8-10(15(21)17-7-9(2)19)14(20)13-11(16)5-4-6-12(13)18/h4-6,8-9,19H,3,7,16H2,1-2H3,(H,17,21). The number of aryl methyl sites for hydroxylation is 1. The first-order valence-electron chi connectivity index (χ1n) is 6.83. The van der Waals surface area contributed by atoms with E-state index in [2.05, 4.69) is 5.32 Å². The van der Waals surface area contributed by atoms with Gasteiger partial charge in [-0.25, -0.2) is 0 Å². The summed E-state index contributed by atoms with van der Waals surface area (Å²) in [5.74, 6) is -0.506. The Morgan fingerprint density at radius 1 is 1.48 bits per heavy atom. The average molecular weight is 289 g/mol. The van der Waals surface area contributed by atoms with Crippen LogP contribution in [0.15, 0.2) is 29.2 Å². The van der Waals surface area contributed by atoms with Crippen molar-refractivity contribution in [2.24, 2.45) is 0 Å². The number of nitrogens with one attached hydrogen (secondary N) is 1. The molecule has 2 rings (SSSR count). The minimum absolute atomic E-state index is 0.0305. The van der Waals surface area contributed by atoms with Crippen molar-refractivity contribution in [3.63, 3.8) is 0 Å². The molecule has 0 saturated carbocycles. The number of aromatic nitrogens is 1. The molecule has 0 spiro atoms. The largest absolute Gasteiger partial charge is 0.398 e. The molecule has 2 aromatic rings. The van der Waals surface area contributed by atoms with Gasteiger partial charge >= 0.3 is 0 Å². The predicted octanol–water partition coefficient (Wildman–Crippen LogP) is 0.714. The van der Waals surface area contributed by atoms with Gasteiger partial charge in [-0.3, -0.25) is 9.59 Å². The Bertz CT molecular complexity index is 735. The monoisotopic (exact) mass is 289 g/mol. The molecule has 1 atom stereocenters. The van der Waals surface area contributed by atoms with Gasteiger partial charge < -0.3 is 20.7 Å². The van der Waals surface area contributed by atoms with E-state index in [1.165, 1.54) is 6.20 Å². The third-order valence-electron chi connectivity index (χ3n) is 3.28. The topological polar surface area (TPSA) is 97.4 Å². The molecule has 0 aliphatic heterocycles. The molecule has 0 bridgehead atoms. The molecule has 112 valence electrons. The normalized spacial score (nSPS) is 12.3. The van der Waals surface area contributed by atoms with E-state index in [1.54, 1.807) is 25.1 Å². The molecule has 6 heteroatoms. The number of nitrogen functional groups attached to an aromatic ring is 1. The highest BCUT2D eigenvalue weighted by Crippen LogP contribution is 2.18. The summed E-state index contributed by atoms with van der Waals surface area (Å²) < 4.78 is 1.81. The van der Waals surface area contributed by atoms with E-state index in [-0.39, 0.29) is 12.1 Å². The molecule has 1 aromatic heterocycles. The molecule has 0 radical (unpaired) electrons. The van der Waals surface area contributed by atoms with E-state index in [4.69, 9.17) is 5.73 Å². The number of anilines is 1. The third kappa shape index (κ3) is 2.90. The van der Waals surface area contributed by atoms with Crippen LogP contribution < -0.4 is 16.5 Å². The minimum Gasteiger partial charge on any atom is -0.398 e. The Morgan fingerprint density at radius 2 is 2.19 bits per heavy atom. The number of aliphatic hydroxyl groups excluding tert-OH is 1. The van der Waals surface area contributed by atoms with E-state index in [0.717, 1.165) is 0 Å². The first-order chi connectivity index (χ1) is 9.95. The fourth-order valence-corrected chi connectivity index (χ4v) is 2.22. The van der Waals surface area contributed by atoms with Crippen LogP contribution in [0.3, 0.4) is 0 Å². The van der Waals surface area contributed by atoms with Crippen LogP contribution in [-0.2, 0) is 6.54 Å². The number of benzene rings is 1. The highest BCUT2D eigenvalue weighted by molar-refractivity contribution is 6.00. The molecule has 1 amide bonds. The Kier molecular flexibility index (Phi) is 4.28. The summed E-state index contributed by atoms with van der Waals surface area (Å²) in [4.78, 5) is 24.6. The number of hydrogen-bond donors (Lipinski definition) is 3. The summed E-state index contributed by atoms with van der Waals surface area (Å²) in [5.41, 5.74) is 6.58. The van der Waals surface area contributed by atoms with E-state index in [0.29, 0.717) is 23.1 Å². The number of carbonyl (C=O) groups excluding carboxylic acids is 1. The smallest absolute Gasteiger partial charge is 0.256 e. The summed E-state index contributed by atoms with van der Waals surface area (Å²) in [7, 11) is 0. The van der Waals surface area contributed by atoms with Crippen molar-refractivity contribution in [1.82, 2.24) is 9.88 Å². The zero-order valence-corrected chi connectivity index (χ0v) is 12.1. The zero-order valence-electron chi connectivity index (χ0n) is 12.1. The van der Waals surface area contributed by atoms with Crippen LogP contribution >= 0.6 is 0 Å². The van der Waals surface area contributed by atoms with Crippen molar-refractivity contribution in [2.75, 3.05) is 12.3 Å². The van der Waals surface area contributed by atoms with Gasteiger partial charge in [0.1, 0.15) is 5.56 Å². The zero-order chi connectivity index (χ0) is 15.6. The number of amides is 1. The Morgan fingerprint density at radius 3 is 2.81 bits per heavy atom. The maximum absolute atomic E-state index is 12.5. The highest BCUT2D eigenvalue weighted by Gasteiger charge is 2.16. The lowest BCUT2D eigenvalue weighted by molar-refractivity contribution is 0.0922. The van der Waals surface area contributed by atoms with Crippen LogP contribution in [-0.4, -0.2) is 28.2 Å². The van der Waals surface area contributed by atoms with Crippen LogP contribution in [0.4, 0.5) is 5.69 Å². The van der Waals surface area contributed by atoms with Gasteiger partial charge in [-0.2, -0.15) is 0 Å². The summed E-state index contributed by atoms with van der Waals surface area (Å²) in [6, 6.07) is 5.21. The quantitative estimate of drug-likeness (QED) is 0.722. The average Bonchev–Trinajstić information content (AvgIpc) is 2.45. The van der Waals surface area contributed by atoms with Crippen LogP contribution in [0.1, 0.15) is 24.2 Å². The SMILES string of the molecule is CCn1cc(C(=O)NCC(C)O)c(=O)c2c(N)cccc21. The second-order valence-corrected chi connectivity index (χ2v) is 4.96. The number of carbonyl (C=O) groups is 1. The predicted molar refractivity (Wildman–Crippen MR) is 82.3 cm³/mol. The summed E-state index contributed by atoms with van der Waals surface area (Å²) in [5, 5.41) is 12.1. The number of fused-ring (bicyclic) bond motifs is 1. The van der Waals surface area contributed by atoms with E-state index >= 15 is 0 Å². The van der Waals surface area contributed by atoms with Crippen molar-refractivity contribution in [3.8, 4) is 0 Å². The molecule has 1 heterocycles. The van der Waals surface area contributed by atoms with E-state index in [9.17, 15) is 14.7 Å². The minimum atomic E-state index is -0.673. The number of rotatable bonds is 4. The van der Waals surface area contributed by atoms with Gasteiger partial charge in [0.15, 0.2) is 0 Å². The second-order valence-electron chi connectivity index (χ2n) is 4.96. The van der Waals surface area contributed by atoms with Gasteiger partial charge in [-0.1, -0.05) is 6.07 Å². The highest BCUT2D eigenvalue weighted by atomic mass is 16.3. The molecule has 6 nitrogen and oxygen atoms in total. The Hall–Kier alpha value is -2.34. The lowest BCUT2D eigenvalue weighted by atomic mass is 10.1. The molecular formula is C15H19N3O3. The third-order valence-corrected chi connectivity index (χ3v) is 3.28. The lowest BCUT2D eigenvalue weighted by Gasteiger charge is -2.13. The lowest BCUT2D eigenvalue weighted by Crippen LogP contribution is -2.34. The van der Waals surface area contributed by atoms with Gasteiger partial charge in [-0.05, 0) is 26.0 Å². The molecule has 0 aliphatic carbocycles. The number of aliphatic hydroxyl groups is 1. The van der Waals surface area contributed by atoms with Gasteiger partial charge in [0.25, 0.3) is 5.91 Å². The van der Waals surface area contributed by atoms with Gasteiger partial charge in [0.2, 0.25) is 5.43 Å². The van der Waals surface area contributed by atoms with Gasteiger partial charge in [0.05, 0.1) is 17.0 Å². The molecular weight excluding hydrogens is 270 g/mol. The fraction of sp³-hybridized carbons (Fsp3) is 0.333.